The van der Waals surface area contributed by atoms with E-state index in [-0.39, 0.29) is 5.69 Å². The molecule has 0 aliphatic carbocycles. The molecule has 2 aromatic heterocycles. The minimum atomic E-state index is -1.08. The topological polar surface area (TPSA) is 67.5 Å². The van der Waals surface area contributed by atoms with E-state index in [1.807, 2.05) is 12.1 Å². The van der Waals surface area contributed by atoms with Gasteiger partial charge in [0.2, 0.25) is 0 Å². The number of carboxylic acid groups (broad SMARTS) is 1. The third kappa shape index (κ3) is 2.04. The van der Waals surface area contributed by atoms with E-state index in [2.05, 4.69) is 10.1 Å². The van der Waals surface area contributed by atoms with Gasteiger partial charge in [-0.15, -0.1) is 0 Å². The summed E-state index contributed by atoms with van der Waals surface area (Å²) in [6.45, 7) is 0. The number of halogens is 1. The first kappa shape index (κ1) is 11.7. The largest absolute Gasteiger partial charge is 0.476 e. The summed E-state index contributed by atoms with van der Waals surface area (Å²) in [6.07, 6.45) is 1.64. The fourth-order valence-corrected chi connectivity index (χ4v) is 2.02. The quantitative estimate of drug-likeness (QED) is 0.779. The van der Waals surface area contributed by atoms with Crippen LogP contribution in [-0.2, 0) is 0 Å². The van der Waals surface area contributed by atoms with Crippen LogP contribution in [0.1, 0.15) is 10.5 Å². The molecule has 3 aromatic rings. The lowest BCUT2D eigenvalue weighted by Gasteiger charge is -2.02. The minimum absolute atomic E-state index is 0.0335. The fraction of sp³-hybridized carbons (Fsp3) is 0. The Kier molecular flexibility index (Phi) is 2.68. The maximum atomic E-state index is 11.0. The second kappa shape index (κ2) is 4.37. The van der Waals surface area contributed by atoms with E-state index < -0.39 is 5.97 Å². The van der Waals surface area contributed by atoms with Crippen LogP contribution in [0.2, 0.25) is 5.02 Å². The van der Waals surface area contributed by atoms with Crippen molar-refractivity contribution in [1.29, 1.82) is 0 Å². The summed E-state index contributed by atoms with van der Waals surface area (Å²) in [7, 11) is 0. The first-order valence-corrected chi connectivity index (χ1v) is 5.87. The number of aromatic nitrogens is 3. The SMILES string of the molecule is O=C(O)c1ccc2ncc(-c3cccc(Cl)c3)n2n1. The molecule has 0 spiro atoms. The zero-order valence-electron chi connectivity index (χ0n) is 9.62. The van der Waals surface area contributed by atoms with Crippen LogP contribution >= 0.6 is 11.6 Å². The van der Waals surface area contributed by atoms with Gasteiger partial charge in [0, 0.05) is 10.6 Å². The maximum absolute atomic E-state index is 11.0. The van der Waals surface area contributed by atoms with E-state index >= 15 is 0 Å². The molecule has 19 heavy (non-hydrogen) atoms. The lowest BCUT2D eigenvalue weighted by molar-refractivity contribution is 0.0689. The van der Waals surface area contributed by atoms with Gasteiger partial charge in [-0.25, -0.2) is 14.3 Å². The Bertz CT molecular complexity index is 782. The fourth-order valence-electron chi connectivity index (χ4n) is 1.83. The number of hydrogen-bond donors (Lipinski definition) is 1. The summed E-state index contributed by atoms with van der Waals surface area (Å²) in [4.78, 5) is 15.1. The number of carbonyl (C=O) groups is 1. The number of fused-ring (bicyclic) bond motifs is 1. The predicted octanol–water partition coefficient (Wildman–Crippen LogP) is 2.75. The molecule has 0 unspecified atom stereocenters. The van der Waals surface area contributed by atoms with Crippen molar-refractivity contribution < 1.29 is 9.90 Å². The number of imidazole rings is 1. The van der Waals surface area contributed by atoms with Crippen molar-refractivity contribution in [3.63, 3.8) is 0 Å². The van der Waals surface area contributed by atoms with Gasteiger partial charge in [-0.05, 0) is 24.3 Å². The van der Waals surface area contributed by atoms with Crippen molar-refractivity contribution in [2.75, 3.05) is 0 Å². The summed E-state index contributed by atoms with van der Waals surface area (Å²) in [5, 5.41) is 13.6. The van der Waals surface area contributed by atoms with Gasteiger partial charge < -0.3 is 5.11 Å². The van der Waals surface area contributed by atoms with Crippen molar-refractivity contribution in [1.82, 2.24) is 14.6 Å². The Hall–Kier alpha value is -2.40. The Balaban J connectivity index is 2.24. The Labute approximate surface area is 113 Å². The van der Waals surface area contributed by atoms with Gasteiger partial charge in [-0.1, -0.05) is 23.7 Å². The Morgan fingerprint density at radius 2 is 2.11 bits per heavy atom. The van der Waals surface area contributed by atoms with Gasteiger partial charge in [-0.3, -0.25) is 0 Å². The second-order valence-electron chi connectivity index (χ2n) is 3.95. The summed E-state index contributed by atoms with van der Waals surface area (Å²) >= 11 is 5.95. The van der Waals surface area contributed by atoms with E-state index in [0.29, 0.717) is 16.4 Å². The normalized spacial score (nSPS) is 10.8. The molecule has 6 heteroatoms. The Morgan fingerprint density at radius 1 is 1.26 bits per heavy atom. The highest BCUT2D eigenvalue weighted by atomic mass is 35.5. The molecule has 2 heterocycles. The number of benzene rings is 1. The highest BCUT2D eigenvalue weighted by Crippen LogP contribution is 2.23. The standard InChI is InChI=1S/C13H8ClN3O2/c14-9-3-1-2-8(6-9)11-7-15-12-5-4-10(13(18)19)16-17(11)12/h1-7H,(H,18,19). The molecule has 0 aliphatic rings. The third-order valence-corrected chi connectivity index (χ3v) is 2.94. The van der Waals surface area contributed by atoms with Crippen LogP contribution in [0.4, 0.5) is 0 Å². The smallest absolute Gasteiger partial charge is 0.356 e. The van der Waals surface area contributed by atoms with Gasteiger partial charge in [0.15, 0.2) is 11.3 Å². The molecule has 0 aliphatic heterocycles. The third-order valence-electron chi connectivity index (χ3n) is 2.70. The number of nitrogens with zero attached hydrogens (tertiary/aromatic N) is 3. The first-order chi connectivity index (χ1) is 9.15. The van der Waals surface area contributed by atoms with E-state index in [4.69, 9.17) is 16.7 Å². The van der Waals surface area contributed by atoms with Crippen molar-refractivity contribution in [2.45, 2.75) is 0 Å². The number of aromatic carboxylic acids is 1. The zero-order chi connectivity index (χ0) is 13.4. The first-order valence-electron chi connectivity index (χ1n) is 5.49. The molecule has 1 N–H and O–H groups in total. The highest BCUT2D eigenvalue weighted by Gasteiger charge is 2.11. The summed E-state index contributed by atoms with van der Waals surface area (Å²) in [5.41, 5.74) is 2.07. The van der Waals surface area contributed by atoms with Crippen LogP contribution < -0.4 is 0 Å². The average Bonchev–Trinajstić information content (AvgIpc) is 2.81. The van der Waals surface area contributed by atoms with E-state index in [9.17, 15) is 4.79 Å². The number of carboxylic acids is 1. The van der Waals surface area contributed by atoms with Crippen LogP contribution in [0.15, 0.2) is 42.6 Å². The summed E-state index contributed by atoms with van der Waals surface area (Å²) < 4.78 is 1.50. The molecule has 1 aromatic carbocycles. The van der Waals surface area contributed by atoms with Crippen molar-refractivity contribution in [3.05, 3.63) is 53.3 Å². The Morgan fingerprint density at radius 3 is 2.84 bits per heavy atom. The van der Waals surface area contributed by atoms with E-state index in [0.717, 1.165) is 5.56 Å². The molecular weight excluding hydrogens is 266 g/mol. The lowest BCUT2D eigenvalue weighted by atomic mass is 10.2. The van der Waals surface area contributed by atoms with Gasteiger partial charge in [0.25, 0.3) is 0 Å². The molecular formula is C13H8ClN3O2. The van der Waals surface area contributed by atoms with Crippen molar-refractivity contribution >= 4 is 23.2 Å². The van der Waals surface area contributed by atoms with Gasteiger partial charge >= 0.3 is 5.97 Å². The number of rotatable bonds is 2. The minimum Gasteiger partial charge on any atom is -0.476 e. The van der Waals surface area contributed by atoms with Crippen LogP contribution in [0.5, 0.6) is 0 Å². The second-order valence-corrected chi connectivity index (χ2v) is 4.38. The molecule has 3 rings (SSSR count). The number of hydrogen-bond acceptors (Lipinski definition) is 3. The lowest BCUT2D eigenvalue weighted by Crippen LogP contribution is -2.05. The molecule has 0 fully saturated rings. The van der Waals surface area contributed by atoms with Crippen LogP contribution in [0.25, 0.3) is 16.9 Å². The van der Waals surface area contributed by atoms with Gasteiger partial charge in [-0.2, -0.15) is 5.10 Å². The molecule has 0 radical (unpaired) electrons. The molecule has 0 saturated carbocycles. The molecule has 0 amide bonds. The zero-order valence-corrected chi connectivity index (χ0v) is 10.4. The summed E-state index contributed by atoms with van der Waals surface area (Å²) in [6, 6.07) is 10.3. The molecule has 0 atom stereocenters. The van der Waals surface area contributed by atoms with E-state index in [1.54, 1.807) is 24.4 Å². The van der Waals surface area contributed by atoms with Gasteiger partial charge in [0.1, 0.15) is 0 Å². The predicted molar refractivity (Wildman–Crippen MR) is 70.4 cm³/mol. The molecule has 5 nitrogen and oxygen atoms in total. The monoisotopic (exact) mass is 273 g/mol. The van der Waals surface area contributed by atoms with Crippen LogP contribution in [-0.4, -0.2) is 25.7 Å². The van der Waals surface area contributed by atoms with Crippen LogP contribution in [0.3, 0.4) is 0 Å². The maximum Gasteiger partial charge on any atom is 0.356 e. The molecule has 0 saturated heterocycles. The molecule has 94 valence electrons. The van der Waals surface area contributed by atoms with Crippen molar-refractivity contribution in [3.8, 4) is 11.3 Å². The average molecular weight is 274 g/mol. The van der Waals surface area contributed by atoms with Gasteiger partial charge in [0.05, 0.1) is 11.9 Å². The van der Waals surface area contributed by atoms with Crippen molar-refractivity contribution in [2.24, 2.45) is 0 Å². The molecule has 0 bridgehead atoms. The van der Waals surface area contributed by atoms with Crippen LogP contribution in [0, 0.1) is 0 Å². The summed E-state index contributed by atoms with van der Waals surface area (Å²) in [5.74, 6) is -1.08. The highest BCUT2D eigenvalue weighted by molar-refractivity contribution is 6.30. The van der Waals surface area contributed by atoms with E-state index in [1.165, 1.54) is 10.6 Å².